The summed E-state index contributed by atoms with van der Waals surface area (Å²) >= 11 is 0. The van der Waals surface area contributed by atoms with E-state index in [9.17, 15) is 18.4 Å². The third-order valence-electron chi connectivity index (χ3n) is 4.58. The summed E-state index contributed by atoms with van der Waals surface area (Å²) in [6.07, 6.45) is -1.24. The minimum absolute atomic E-state index is 0.0411. The fourth-order valence-electron chi connectivity index (χ4n) is 3.04. The summed E-state index contributed by atoms with van der Waals surface area (Å²) in [4.78, 5) is 24.2. The number of nitrogens with two attached hydrogens (primary N) is 2. The van der Waals surface area contributed by atoms with Crippen LogP contribution in [0, 0.1) is 5.82 Å². The molecule has 0 aromatic heterocycles. The highest BCUT2D eigenvalue weighted by Crippen LogP contribution is 2.29. The van der Waals surface area contributed by atoms with Gasteiger partial charge in [-0.05, 0) is 23.8 Å². The number of anilines is 1. The number of alkyl halides is 1. The van der Waals surface area contributed by atoms with Crippen molar-refractivity contribution in [2.75, 3.05) is 24.7 Å². The van der Waals surface area contributed by atoms with Gasteiger partial charge < -0.3 is 15.8 Å². The van der Waals surface area contributed by atoms with Gasteiger partial charge in [0.2, 0.25) is 0 Å². The van der Waals surface area contributed by atoms with Crippen LogP contribution >= 0.6 is 0 Å². The normalized spacial score (nSPS) is 16.3. The van der Waals surface area contributed by atoms with Gasteiger partial charge in [0.25, 0.3) is 5.91 Å². The van der Waals surface area contributed by atoms with Crippen molar-refractivity contribution in [3.8, 4) is 11.1 Å². The summed E-state index contributed by atoms with van der Waals surface area (Å²) < 4.78 is 31.6. The number of nitrogens with zero attached hydrogens (tertiary/aromatic N) is 1. The Hall–Kier alpha value is -3.00. The molecule has 4 N–H and O–H groups in total. The fourth-order valence-corrected chi connectivity index (χ4v) is 3.04. The number of primary amides is 1. The number of quaternary nitrogens is 1. The molecule has 0 radical (unpaired) electrons. The van der Waals surface area contributed by atoms with Crippen LogP contribution in [0.4, 0.5) is 19.3 Å². The molecule has 28 heavy (non-hydrogen) atoms. The lowest BCUT2D eigenvalue weighted by atomic mass is 10.0. The van der Waals surface area contributed by atoms with Gasteiger partial charge in [-0.1, -0.05) is 24.3 Å². The minimum Gasteiger partial charge on any atom is -0.434 e. The molecule has 1 heterocycles. The number of carbonyl (C=O) groups excluding carboxylic acids is 2. The quantitative estimate of drug-likeness (QED) is 0.673. The Labute approximate surface area is 161 Å². The van der Waals surface area contributed by atoms with Crippen molar-refractivity contribution in [1.82, 2.24) is 0 Å². The van der Waals surface area contributed by atoms with Gasteiger partial charge in [0.15, 0.2) is 6.10 Å². The van der Waals surface area contributed by atoms with Crippen LogP contribution in [0.15, 0.2) is 42.5 Å². The van der Waals surface area contributed by atoms with Gasteiger partial charge in [-0.2, -0.15) is 0 Å². The summed E-state index contributed by atoms with van der Waals surface area (Å²) in [6, 6.07) is 11.9. The first-order valence-corrected chi connectivity index (χ1v) is 9.03. The van der Waals surface area contributed by atoms with E-state index in [1.54, 1.807) is 12.1 Å². The SMILES string of the molecule is NC(=O)[C@H]1CN(c2ccc(-c3ccc(C[NH2+]CCCF)cc3)c(F)c2)C(=O)O1. The van der Waals surface area contributed by atoms with Gasteiger partial charge in [-0.25, -0.2) is 9.18 Å². The molecule has 0 bridgehead atoms. The Balaban J connectivity index is 1.70. The molecular weight excluding hydrogens is 368 g/mol. The van der Waals surface area contributed by atoms with Gasteiger partial charge in [0, 0.05) is 17.5 Å². The van der Waals surface area contributed by atoms with E-state index < -0.39 is 23.9 Å². The Morgan fingerprint density at radius 3 is 2.61 bits per heavy atom. The Morgan fingerprint density at radius 2 is 2.00 bits per heavy atom. The first-order chi connectivity index (χ1) is 13.5. The van der Waals surface area contributed by atoms with Crippen LogP contribution in [-0.2, 0) is 16.1 Å². The smallest absolute Gasteiger partial charge is 0.415 e. The van der Waals surface area contributed by atoms with Gasteiger partial charge in [0.05, 0.1) is 25.5 Å². The monoisotopic (exact) mass is 390 g/mol. The topological polar surface area (TPSA) is 89.2 Å². The lowest BCUT2D eigenvalue weighted by Crippen LogP contribution is -2.82. The van der Waals surface area contributed by atoms with Crippen molar-refractivity contribution in [3.05, 3.63) is 53.8 Å². The van der Waals surface area contributed by atoms with E-state index in [1.165, 1.54) is 11.0 Å². The average Bonchev–Trinajstić information content (AvgIpc) is 3.08. The van der Waals surface area contributed by atoms with Crippen molar-refractivity contribution in [3.63, 3.8) is 0 Å². The van der Waals surface area contributed by atoms with Gasteiger partial charge in [0.1, 0.15) is 12.4 Å². The van der Waals surface area contributed by atoms with Crippen LogP contribution in [0.1, 0.15) is 12.0 Å². The first-order valence-electron chi connectivity index (χ1n) is 9.03. The molecule has 1 atom stereocenters. The number of cyclic esters (lactones) is 1. The average molecular weight is 390 g/mol. The van der Waals surface area contributed by atoms with Crippen LogP contribution in [0.5, 0.6) is 0 Å². The molecule has 8 heteroatoms. The van der Waals surface area contributed by atoms with E-state index in [1.807, 2.05) is 29.6 Å². The van der Waals surface area contributed by atoms with E-state index in [0.717, 1.165) is 18.7 Å². The zero-order valence-corrected chi connectivity index (χ0v) is 15.2. The molecule has 148 valence electrons. The molecule has 2 aromatic rings. The number of benzene rings is 2. The van der Waals surface area contributed by atoms with Gasteiger partial charge >= 0.3 is 6.09 Å². The number of hydrogen-bond acceptors (Lipinski definition) is 3. The summed E-state index contributed by atoms with van der Waals surface area (Å²) in [5.74, 6) is -1.23. The molecule has 2 amide bonds. The van der Waals surface area contributed by atoms with E-state index >= 15 is 0 Å². The Morgan fingerprint density at radius 1 is 1.25 bits per heavy atom. The second-order valence-corrected chi connectivity index (χ2v) is 6.57. The van der Waals surface area contributed by atoms with Crippen LogP contribution in [0.2, 0.25) is 0 Å². The van der Waals surface area contributed by atoms with Crippen molar-refractivity contribution in [1.29, 1.82) is 0 Å². The number of halogens is 2. The van der Waals surface area contributed by atoms with E-state index in [0.29, 0.717) is 23.2 Å². The lowest BCUT2D eigenvalue weighted by molar-refractivity contribution is -0.670. The molecule has 1 aliphatic heterocycles. The largest absolute Gasteiger partial charge is 0.434 e. The number of carbonyl (C=O) groups is 2. The van der Waals surface area contributed by atoms with Crippen LogP contribution in [0.25, 0.3) is 11.1 Å². The number of rotatable bonds is 8. The molecule has 0 aliphatic carbocycles. The molecule has 1 saturated heterocycles. The summed E-state index contributed by atoms with van der Waals surface area (Å²) in [5, 5.41) is 2.03. The van der Waals surface area contributed by atoms with Crippen molar-refractivity contribution >= 4 is 17.7 Å². The second kappa shape index (κ2) is 8.79. The molecule has 2 aromatic carbocycles. The third-order valence-corrected chi connectivity index (χ3v) is 4.58. The standard InChI is InChI=1S/C20H21F2N3O3/c21-8-1-9-24-11-13-2-4-14(5-3-13)16-7-6-15(10-17(16)22)25-12-18(19(23)26)28-20(25)27/h2-7,10,18,24H,1,8-9,11-12H2,(H2,23,26)/p+1/t18-/m1/s1. The molecule has 3 rings (SSSR count). The van der Waals surface area contributed by atoms with Gasteiger partial charge in [-0.15, -0.1) is 0 Å². The van der Waals surface area contributed by atoms with Crippen LogP contribution in [0.3, 0.4) is 0 Å². The fraction of sp³-hybridized carbons (Fsp3) is 0.300. The predicted octanol–water partition coefficient (Wildman–Crippen LogP) is 1.73. The highest BCUT2D eigenvalue weighted by atomic mass is 19.1. The van der Waals surface area contributed by atoms with Crippen molar-refractivity contribution in [2.24, 2.45) is 5.73 Å². The highest BCUT2D eigenvalue weighted by molar-refractivity contribution is 5.95. The number of ether oxygens (including phenoxy) is 1. The van der Waals surface area contributed by atoms with E-state index in [2.05, 4.69) is 0 Å². The van der Waals surface area contributed by atoms with E-state index in [-0.39, 0.29) is 13.2 Å². The molecule has 0 spiro atoms. The molecule has 6 nitrogen and oxygen atoms in total. The molecule has 1 aliphatic rings. The molecule has 1 fully saturated rings. The van der Waals surface area contributed by atoms with Crippen molar-refractivity contribution in [2.45, 2.75) is 19.1 Å². The predicted molar refractivity (Wildman–Crippen MR) is 99.7 cm³/mol. The molecular formula is C20H22F2N3O3+. The maximum absolute atomic E-state index is 14.6. The second-order valence-electron chi connectivity index (χ2n) is 6.57. The highest BCUT2D eigenvalue weighted by Gasteiger charge is 2.36. The third kappa shape index (κ3) is 4.45. The van der Waals surface area contributed by atoms with Gasteiger partial charge in [-0.3, -0.25) is 14.1 Å². The first kappa shape index (κ1) is 19.8. The van der Waals surface area contributed by atoms with E-state index in [4.69, 9.17) is 10.5 Å². The van der Waals surface area contributed by atoms with Crippen LogP contribution < -0.4 is 16.0 Å². The molecule has 0 saturated carbocycles. The number of amides is 2. The van der Waals surface area contributed by atoms with Crippen molar-refractivity contribution < 1.29 is 28.4 Å². The Kier molecular flexibility index (Phi) is 6.20. The summed E-state index contributed by atoms with van der Waals surface area (Å²) in [6.45, 7) is 1.10. The maximum atomic E-state index is 14.6. The maximum Gasteiger partial charge on any atom is 0.415 e. The number of hydrogen-bond donors (Lipinski definition) is 2. The Bertz CT molecular complexity index is 858. The summed E-state index contributed by atoms with van der Waals surface area (Å²) in [5.41, 5.74) is 7.62. The summed E-state index contributed by atoms with van der Waals surface area (Å²) in [7, 11) is 0. The lowest BCUT2D eigenvalue weighted by Gasteiger charge is -2.14. The molecule has 0 unspecified atom stereocenters. The zero-order valence-electron chi connectivity index (χ0n) is 15.2. The zero-order chi connectivity index (χ0) is 20.1. The van der Waals surface area contributed by atoms with Crippen LogP contribution in [-0.4, -0.2) is 37.9 Å². The minimum atomic E-state index is -1.04.